The molecule has 0 fully saturated rings. The molecule has 0 radical (unpaired) electrons. The van der Waals surface area contributed by atoms with E-state index >= 15 is 0 Å². The molecule has 0 saturated heterocycles. The Morgan fingerprint density at radius 1 is 0.275 bits per heavy atom. The molecule has 0 saturated carbocycles. The second-order valence-electron chi connectivity index (χ2n) is 18.0. The van der Waals surface area contributed by atoms with Crippen LogP contribution in [0.2, 0.25) is 0 Å². The van der Waals surface area contributed by atoms with Crippen LogP contribution in [0.25, 0.3) is 77.6 Å². The molecule has 0 spiro atoms. The Labute approximate surface area is 402 Å². The molecular weight excluding hydrogens is 835 g/mol. The van der Waals surface area contributed by atoms with Crippen LogP contribution >= 0.6 is 0 Å². The van der Waals surface area contributed by atoms with Gasteiger partial charge in [-0.3, -0.25) is 0 Å². The van der Waals surface area contributed by atoms with Crippen molar-refractivity contribution in [3.63, 3.8) is 0 Å². The summed E-state index contributed by atoms with van der Waals surface area (Å²) < 4.78 is 6.17. The minimum Gasteiger partial charge on any atom is -0.456 e. The Morgan fingerprint density at radius 3 is 1.33 bits per heavy atom. The summed E-state index contributed by atoms with van der Waals surface area (Å²) in [5.74, 6) is 0. The number of benzene rings is 11. The van der Waals surface area contributed by atoms with Gasteiger partial charge >= 0.3 is 0 Å². The fourth-order valence-electron chi connectivity index (χ4n) is 11.1. The van der Waals surface area contributed by atoms with Crippen molar-refractivity contribution in [3.8, 4) is 55.6 Å². The topological polar surface area (TPSA) is 16.4 Å². The first-order valence-electron chi connectivity index (χ1n) is 23.7. The van der Waals surface area contributed by atoms with Gasteiger partial charge in [0.2, 0.25) is 0 Å². The molecule has 0 unspecified atom stereocenters. The highest BCUT2D eigenvalue weighted by Crippen LogP contribution is 2.58. The van der Waals surface area contributed by atoms with Crippen molar-refractivity contribution < 1.29 is 4.42 Å². The lowest BCUT2D eigenvalue weighted by molar-refractivity contribution is 0.669. The lowest BCUT2D eigenvalue weighted by Gasteiger charge is -2.34. The van der Waals surface area contributed by atoms with Crippen molar-refractivity contribution in [2.24, 2.45) is 0 Å². The smallest absolute Gasteiger partial charge is 0.135 e. The Bertz CT molecular complexity index is 3760. The third-order valence-electron chi connectivity index (χ3n) is 14.2. The summed E-state index contributed by atoms with van der Waals surface area (Å²) in [5.41, 5.74) is 21.8. The zero-order chi connectivity index (χ0) is 45.7. The van der Waals surface area contributed by atoms with E-state index in [-0.39, 0.29) is 0 Å². The van der Waals surface area contributed by atoms with Crippen LogP contribution in [0.3, 0.4) is 0 Å². The highest BCUT2D eigenvalue weighted by molar-refractivity contribution is 6.06. The Balaban J connectivity index is 0.918. The summed E-state index contributed by atoms with van der Waals surface area (Å²) in [5, 5.41) is 2.26. The van der Waals surface area contributed by atoms with Crippen LogP contribution in [0.5, 0.6) is 0 Å². The number of hydrogen-bond acceptors (Lipinski definition) is 2. The van der Waals surface area contributed by atoms with Gasteiger partial charge in [0.25, 0.3) is 0 Å². The predicted molar refractivity (Wildman–Crippen MR) is 287 cm³/mol. The standard InChI is InChI=1S/C67H45NO/c1-4-17-47(18-5-1)56-23-10-11-24-57(56)48-33-40-54(41-34-48)68(53-38-31-46(32-39-53)50-37-44-65-61(45-50)59-25-13-15-30-64(59)69-65)55-42-35-49(36-43-55)58-27-16-29-63-66(58)60-26-12-14-28-62(60)67(63,51-19-6-2-7-20-51)52-21-8-3-9-22-52/h1-45H. The van der Waals surface area contributed by atoms with Crippen LogP contribution in [0.1, 0.15) is 22.3 Å². The highest BCUT2D eigenvalue weighted by Gasteiger charge is 2.46. The normalized spacial score (nSPS) is 12.5. The molecule has 0 atom stereocenters. The van der Waals surface area contributed by atoms with Crippen LogP contribution in [-0.2, 0) is 5.41 Å². The van der Waals surface area contributed by atoms with E-state index in [2.05, 4.69) is 266 Å². The van der Waals surface area contributed by atoms with E-state index in [1.807, 2.05) is 12.1 Å². The summed E-state index contributed by atoms with van der Waals surface area (Å²) in [6, 6.07) is 99.2. The number of hydrogen-bond donors (Lipinski definition) is 0. The van der Waals surface area contributed by atoms with E-state index in [0.29, 0.717) is 0 Å². The Hall–Kier alpha value is -8.98. The monoisotopic (exact) mass is 879 g/mol. The fraction of sp³-hybridized carbons (Fsp3) is 0.0149. The van der Waals surface area contributed by atoms with E-state index in [1.165, 1.54) is 66.8 Å². The number of anilines is 3. The van der Waals surface area contributed by atoms with Crippen molar-refractivity contribution in [1.29, 1.82) is 0 Å². The molecule has 1 heterocycles. The Morgan fingerprint density at radius 2 is 0.710 bits per heavy atom. The van der Waals surface area contributed by atoms with Crippen molar-refractivity contribution in [2.45, 2.75) is 5.41 Å². The molecule has 2 heteroatoms. The van der Waals surface area contributed by atoms with Gasteiger partial charge in [-0.1, -0.05) is 218 Å². The zero-order valence-corrected chi connectivity index (χ0v) is 37.8. The quantitative estimate of drug-likeness (QED) is 0.144. The molecule has 2 nitrogen and oxygen atoms in total. The molecule has 0 bridgehead atoms. The van der Waals surface area contributed by atoms with Gasteiger partial charge in [-0.05, 0) is 132 Å². The van der Waals surface area contributed by atoms with E-state index in [1.54, 1.807) is 0 Å². The van der Waals surface area contributed by atoms with Gasteiger partial charge in [0, 0.05) is 27.8 Å². The molecular formula is C67H45NO. The van der Waals surface area contributed by atoms with Crippen LogP contribution in [-0.4, -0.2) is 0 Å². The van der Waals surface area contributed by atoms with Gasteiger partial charge in [-0.25, -0.2) is 0 Å². The maximum atomic E-state index is 6.17. The van der Waals surface area contributed by atoms with Gasteiger partial charge in [0.1, 0.15) is 11.2 Å². The Kier molecular flexibility index (Phi) is 9.77. The van der Waals surface area contributed by atoms with Crippen molar-refractivity contribution >= 4 is 39.0 Å². The molecule has 1 aromatic heterocycles. The number of rotatable bonds is 9. The van der Waals surface area contributed by atoms with Crippen LogP contribution in [0.15, 0.2) is 277 Å². The SMILES string of the molecule is c1ccc(-c2ccccc2-c2ccc(N(c3ccc(-c4ccc5oc6ccccc6c5c4)cc3)c3ccc(-c4cccc5c4-c4ccccc4C5(c4ccccc4)c4ccccc4)cc3)cc2)cc1. The maximum Gasteiger partial charge on any atom is 0.135 e. The van der Waals surface area contributed by atoms with Crippen molar-refractivity contribution in [1.82, 2.24) is 0 Å². The first-order chi connectivity index (χ1) is 34.2. The third-order valence-corrected chi connectivity index (χ3v) is 14.2. The number of fused-ring (bicyclic) bond motifs is 6. The van der Waals surface area contributed by atoms with Crippen molar-refractivity contribution in [2.75, 3.05) is 4.90 Å². The molecule has 0 amide bonds. The van der Waals surface area contributed by atoms with Gasteiger partial charge in [-0.2, -0.15) is 0 Å². The van der Waals surface area contributed by atoms with Gasteiger partial charge in [0.05, 0.1) is 5.41 Å². The van der Waals surface area contributed by atoms with Crippen LogP contribution in [0, 0.1) is 0 Å². The number of nitrogens with zero attached hydrogens (tertiary/aromatic N) is 1. The van der Waals surface area contributed by atoms with Crippen LogP contribution in [0.4, 0.5) is 17.1 Å². The number of furan rings is 1. The molecule has 0 aliphatic heterocycles. The summed E-state index contributed by atoms with van der Waals surface area (Å²) >= 11 is 0. The lowest BCUT2D eigenvalue weighted by Crippen LogP contribution is -2.28. The third kappa shape index (κ3) is 6.72. The van der Waals surface area contributed by atoms with Crippen LogP contribution < -0.4 is 4.90 Å². The van der Waals surface area contributed by atoms with Gasteiger partial charge in [-0.15, -0.1) is 0 Å². The van der Waals surface area contributed by atoms with E-state index in [4.69, 9.17) is 4.42 Å². The molecule has 11 aromatic carbocycles. The second kappa shape index (κ2) is 16.7. The second-order valence-corrected chi connectivity index (χ2v) is 18.0. The predicted octanol–water partition coefficient (Wildman–Crippen LogP) is 18.1. The zero-order valence-electron chi connectivity index (χ0n) is 37.8. The molecule has 324 valence electrons. The van der Waals surface area contributed by atoms with Crippen molar-refractivity contribution in [3.05, 3.63) is 295 Å². The summed E-state index contributed by atoms with van der Waals surface area (Å²) in [6.45, 7) is 0. The maximum absolute atomic E-state index is 6.17. The van der Waals surface area contributed by atoms with E-state index in [0.717, 1.165) is 50.1 Å². The number of para-hydroxylation sites is 1. The minimum absolute atomic E-state index is 0.459. The summed E-state index contributed by atoms with van der Waals surface area (Å²) in [6.07, 6.45) is 0. The van der Waals surface area contributed by atoms with E-state index in [9.17, 15) is 0 Å². The molecule has 1 aliphatic carbocycles. The average molecular weight is 880 g/mol. The lowest BCUT2D eigenvalue weighted by atomic mass is 9.67. The average Bonchev–Trinajstić information content (AvgIpc) is 3.96. The fourth-order valence-corrected chi connectivity index (χ4v) is 11.1. The summed E-state index contributed by atoms with van der Waals surface area (Å²) in [7, 11) is 0. The molecule has 13 rings (SSSR count). The molecule has 0 N–H and O–H groups in total. The molecule has 12 aromatic rings. The first-order valence-corrected chi connectivity index (χ1v) is 23.7. The summed E-state index contributed by atoms with van der Waals surface area (Å²) in [4.78, 5) is 2.37. The largest absolute Gasteiger partial charge is 0.456 e. The van der Waals surface area contributed by atoms with Gasteiger partial charge < -0.3 is 9.32 Å². The molecule has 1 aliphatic rings. The van der Waals surface area contributed by atoms with E-state index < -0.39 is 5.41 Å². The minimum atomic E-state index is -0.459. The molecule has 69 heavy (non-hydrogen) atoms. The van der Waals surface area contributed by atoms with Gasteiger partial charge in [0.15, 0.2) is 0 Å². The highest BCUT2D eigenvalue weighted by atomic mass is 16.3. The first kappa shape index (κ1) is 40.3.